The molecular formula is C15H22N2O. The van der Waals surface area contributed by atoms with Crippen molar-refractivity contribution < 1.29 is 4.79 Å². The van der Waals surface area contributed by atoms with E-state index in [0.29, 0.717) is 6.04 Å². The highest BCUT2D eigenvalue weighted by molar-refractivity contribution is 5.95. The quantitative estimate of drug-likeness (QED) is 0.842. The first-order valence-corrected chi connectivity index (χ1v) is 6.71. The third kappa shape index (κ3) is 2.91. The maximum atomic E-state index is 12.2. The number of nitrogens with one attached hydrogen (secondary N) is 2. The van der Waals surface area contributed by atoms with Gasteiger partial charge in [-0.2, -0.15) is 0 Å². The lowest BCUT2D eigenvalue weighted by atomic mass is 9.99. The van der Waals surface area contributed by atoms with Gasteiger partial charge in [0.05, 0.1) is 6.04 Å². The molecular weight excluding hydrogens is 224 g/mol. The molecule has 1 aliphatic rings. The highest BCUT2D eigenvalue weighted by Crippen LogP contribution is 2.19. The first-order chi connectivity index (χ1) is 8.58. The predicted molar refractivity (Wildman–Crippen MR) is 74.8 cm³/mol. The van der Waals surface area contributed by atoms with Gasteiger partial charge < -0.3 is 10.6 Å². The summed E-state index contributed by atoms with van der Waals surface area (Å²) in [7, 11) is 0. The average molecular weight is 246 g/mol. The fourth-order valence-corrected chi connectivity index (χ4v) is 2.45. The fourth-order valence-electron chi connectivity index (χ4n) is 2.45. The normalized spacial score (nSPS) is 23.7. The van der Waals surface area contributed by atoms with Gasteiger partial charge in [0.15, 0.2) is 0 Å². The average Bonchev–Trinajstić information content (AvgIpc) is 2.35. The van der Waals surface area contributed by atoms with E-state index in [1.165, 1.54) is 5.56 Å². The van der Waals surface area contributed by atoms with Gasteiger partial charge in [0.2, 0.25) is 5.91 Å². The summed E-state index contributed by atoms with van der Waals surface area (Å²) in [5.74, 6) is 0.0928. The highest BCUT2D eigenvalue weighted by Gasteiger charge is 2.24. The summed E-state index contributed by atoms with van der Waals surface area (Å²) in [4.78, 5) is 12.2. The predicted octanol–water partition coefficient (Wildman–Crippen LogP) is 2.77. The molecule has 98 valence electrons. The number of carbonyl (C=O) groups is 1. The van der Waals surface area contributed by atoms with Crippen LogP contribution in [0.15, 0.2) is 18.2 Å². The maximum absolute atomic E-state index is 12.2. The van der Waals surface area contributed by atoms with Gasteiger partial charge in [0.1, 0.15) is 0 Å². The van der Waals surface area contributed by atoms with Crippen molar-refractivity contribution in [2.24, 2.45) is 0 Å². The second-order valence-electron chi connectivity index (χ2n) is 5.29. The number of hydrogen-bond acceptors (Lipinski definition) is 2. The fraction of sp³-hybridized carbons (Fsp3) is 0.533. The molecule has 2 unspecified atom stereocenters. The van der Waals surface area contributed by atoms with E-state index >= 15 is 0 Å². The molecule has 1 saturated heterocycles. The molecule has 1 aromatic carbocycles. The van der Waals surface area contributed by atoms with E-state index in [1.54, 1.807) is 0 Å². The molecule has 2 rings (SSSR count). The van der Waals surface area contributed by atoms with Crippen LogP contribution in [-0.4, -0.2) is 18.0 Å². The van der Waals surface area contributed by atoms with Gasteiger partial charge in [-0.25, -0.2) is 0 Å². The Morgan fingerprint density at radius 2 is 2.11 bits per heavy atom. The molecule has 0 saturated carbocycles. The van der Waals surface area contributed by atoms with Crippen molar-refractivity contribution in [3.8, 4) is 0 Å². The molecule has 0 aromatic heterocycles. The zero-order valence-corrected chi connectivity index (χ0v) is 11.4. The van der Waals surface area contributed by atoms with Crippen molar-refractivity contribution in [1.29, 1.82) is 0 Å². The molecule has 0 bridgehead atoms. The van der Waals surface area contributed by atoms with Gasteiger partial charge in [-0.1, -0.05) is 12.1 Å². The largest absolute Gasteiger partial charge is 0.324 e. The molecule has 1 aromatic rings. The van der Waals surface area contributed by atoms with Crippen molar-refractivity contribution in [2.45, 2.75) is 52.1 Å². The van der Waals surface area contributed by atoms with Gasteiger partial charge in [-0.15, -0.1) is 0 Å². The minimum atomic E-state index is -0.0475. The van der Waals surface area contributed by atoms with E-state index in [9.17, 15) is 4.79 Å². The van der Waals surface area contributed by atoms with E-state index in [4.69, 9.17) is 0 Å². The number of anilines is 1. The molecule has 1 amide bonds. The monoisotopic (exact) mass is 246 g/mol. The topological polar surface area (TPSA) is 41.1 Å². The molecule has 3 heteroatoms. The van der Waals surface area contributed by atoms with Gasteiger partial charge in [0, 0.05) is 11.7 Å². The Bertz CT molecular complexity index is 442. The summed E-state index contributed by atoms with van der Waals surface area (Å²) in [5, 5.41) is 6.40. The molecule has 2 N–H and O–H groups in total. The lowest BCUT2D eigenvalue weighted by Crippen LogP contribution is -2.47. The molecule has 1 fully saturated rings. The number of aryl methyl sites for hydroxylation is 1. The van der Waals surface area contributed by atoms with Crippen LogP contribution in [0.2, 0.25) is 0 Å². The van der Waals surface area contributed by atoms with E-state index < -0.39 is 0 Å². The smallest absolute Gasteiger partial charge is 0.241 e. The van der Waals surface area contributed by atoms with Gasteiger partial charge in [0.25, 0.3) is 0 Å². The van der Waals surface area contributed by atoms with Crippen LogP contribution in [0.4, 0.5) is 5.69 Å². The van der Waals surface area contributed by atoms with Crippen LogP contribution in [0.25, 0.3) is 0 Å². The van der Waals surface area contributed by atoms with Crippen molar-refractivity contribution >= 4 is 11.6 Å². The molecule has 0 radical (unpaired) electrons. The van der Waals surface area contributed by atoms with E-state index in [1.807, 2.05) is 19.1 Å². The van der Waals surface area contributed by atoms with E-state index in [-0.39, 0.29) is 11.9 Å². The Hall–Kier alpha value is -1.35. The second-order valence-corrected chi connectivity index (χ2v) is 5.29. The molecule has 1 heterocycles. The zero-order valence-electron chi connectivity index (χ0n) is 11.4. The summed E-state index contributed by atoms with van der Waals surface area (Å²) in [6.45, 7) is 6.24. The van der Waals surface area contributed by atoms with Gasteiger partial charge in [-0.3, -0.25) is 4.79 Å². The minimum absolute atomic E-state index is 0.0475. The Balaban J connectivity index is 2.04. The first kappa shape index (κ1) is 13.1. The molecule has 2 atom stereocenters. The van der Waals surface area contributed by atoms with Crippen LogP contribution < -0.4 is 10.6 Å². The van der Waals surface area contributed by atoms with Crippen LogP contribution in [0.5, 0.6) is 0 Å². The summed E-state index contributed by atoms with van der Waals surface area (Å²) in [5.41, 5.74) is 3.28. The van der Waals surface area contributed by atoms with Crippen LogP contribution in [0.3, 0.4) is 0 Å². The molecule has 18 heavy (non-hydrogen) atoms. The minimum Gasteiger partial charge on any atom is -0.324 e. The van der Waals surface area contributed by atoms with Crippen molar-refractivity contribution in [3.63, 3.8) is 0 Å². The number of amides is 1. The number of rotatable bonds is 2. The lowest BCUT2D eigenvalue weighted by Gasteiger charge is -2.28. The highest BCUT2D eigenvalue weighted by atomic mass is 16.2. The molecule has 1 aliphatic heterocycles. The van der Waals surface area contributed by atoms with Crippen molar-refractivity contribution in [2.75, 3.05) is 5.32 Å². The van der Waals surface area contributed by atoms with E-state index in [2.05, 4.69) is 30.5 Å². The third-order valence-electron chi connectivity index (χ3n) is 3.79. The number of piperidine rings is 1. The van der Waals surface area contributed by atoms with Crippen LogP contribution >= 0.6 is 0 Å². The molecule has 3 nitrogen and oxygen atoms in total. The third-order valence-corrected chi connectivity index (χ3v) is 3.79. The van der Waals surface area contributed by atoms with Crippen LogP contribution in [0, 0.1) is 13.8 Å². The van der Waals surface area contributed by atoms with Crippen LogP contribution in [-0.2, 0) is 4.79 Å². The van der Waals surface area contributed by atoms with Gasteiger partial charge in [-0.05, 0) is 57.2 Å². The number of hydrogen-bond donors (Lipinski definition) is 2. The van der Waals surface area contributed by atoms with Crippen LogP contribution in [0.1, 0.15) is 37.3 Å². The van der Waals surface area contributed by atoms with E-state index in [0.717, 1.165) is 30.5 Å². The molecule has 0 spiro atoms. The zero-order chi connectivity index (χ0) is 13.1. The summed E-state index contributed by atoms with van der Waals surface area (Å²) < 4.78 is 0. The molecule has 0 aliphatic carbocycles. The summed E-state index contributed by atoms with van der Waals surface area (Å²) in [6, 6.07) is 6.40. The maximum Gasteiger partial charge on any atom is 0.241 e. The Morgan fingerprint density at radius 1 is 1.33 bits per heavy atom. The Morgan fingerprint density at radius 3 is 2.83 bits per heavy atom. The SMILES string of the molecule is Cc1cccc(NC(=O)C2CCCC(C)N2)c1C. The standard InChI is InChI=1S/C15H22N2O/c1-10-6-4-8-13(12(10)3)17-15(18)14-9-5-7-11(2)16-14/h4,6,8,11,14,16H,5,7,9H2,1-3H3,(H,17,18). The van der Waals surface area contributed by atoms with Gasteiger partial charge >= 0.3 is 0 Å². The first-order valence-electron chi connectivity index (χ1n) is 6.71. The van der Waals surface area contributed by atoms with Crippen molar-refractivity contribution in [1.82, 2.24) is 5.32 Å². The summed E-state index contributed by atoms with van der Waals surface area (Å²) >= 11 is 0. The summed E-state index contributed by atoms with van der Waals surface area (Å²) in [6.07, 6.45) is 3.22. The van der Waals surface area contributed by atoms with Crippen molar-refractivity contribution in [3.05, 3.63) is 29.3 Å². The number of benzene rings is 1. The Kier molecular flexibility index (Phi) is 4.02. The Labute approximate surface area is 109 Å². The second kappa shape index (κ2) is 5.53. The lowest BCUT2D eigenvalue weighted by molar-refractivity contribution is -0.118. The number of carbonyl (C=O) groups excluding carboxylic acids is 1.